The summed E-state index contributed by atoms with van der Waals surface area (Å²) in [4.78, 5) is 0. The van der Waals surface area contributed by atoms with E-state index in [0.717, 1.165) is 5.56 Å². The van der Waals surface area contributed by atoms with Crippen LogP contribution >= 0.6 is 0 Å². The lowest BCUT2D eigenvalue weighted by Crippen LogP contribution is -2.35. The maximum absolute atomic E-state index is 12.6. The van der Waals surface area contributed by atoms with Crippen molar-refractivity contribution in [1.29, 1.82) is 0 Å². The van der Waals surface area contributed by atoms with Crippen LogP contribution in [-0.4, -0.2) is 28.6 Å². The molecule has 0 amide bonds. The standard InChI is InChI=1S/C15H21F3O2/c16-15(17,18)12-14(20,9-4-5-11-19)10-8-13-6-2-1-3-7-13/h1-3,6-7,19-20H,4-5,8-12H2. The lowest BCUT2D eigenvalue weighted by atomic mass is 9.86. The lowest BCUT2D eigenvalue weighted by molar-refractivity contribution is -0.179. The Morgan fingerprint density at radius 2 is 1.60 bits per heavy atom. The first-order chi connectivity index (χ1) is 9.35. The van der Waals surface area contributed by atoms with E-state index in [4.69, 9.17) is 5.11 Å². The van der Waals surface area contributed by atoms with Crippen molar-refractivity contribution in [3.63, 3.8) is 0 Å². The van der Waals surface area contributed by atoms with Crippen molar-refractivity contribution in [3.05, 3.63) is 35.9 Å². The summed E-state index contributed by atoms with van der Waals surface area (Å²) in [6.45, 7) is -0.0687. The molecule has 1 aromatic carbocycles. The predicted octanol–water partition coefficient (Wildman–Crippen LogP) is 3.47. The highest BCUT2D eigenvalue weighted by molar-refractivity contribution is 5.15. The summed E-state index contributed by atoms with van der Waals surface area (Å²) >= 11 is 0. The molecule has 0 spiro atoms. The zero-order valence-corrected chi connectivity index (χ0v) is 11.4. The number of aryl methyl sites for hydroxylation is 1. The second kappa shape index (κ2) is 7.64. The molecule has 0 heterocycles. The monoisotopic (exact) mass is 290 g/mol. The molecule has 1 rings (SSSR count). The van der Waals surface area contributed by atoms with Crippen LogP contribution in [0.3, 0.4) is 0 Å². The van der Waals surface area contributed by atoms with Gasteiger partial charge in [0.05, 0.1) is 12.0 Å². The highest BCUT2D eigenvalue weighted by Crippen LogP contribution is 2.34. The molecule has 0 bridgehead atoms. The van der Waals surface area contributed by atoms with Crippen molar-refractivity contribution in [2.75, 3.05) is 6.61 Å². The zero-order chi connectivity index (χ0) is 15.1. The number of hydrogen-bond acceptors (Lipinski definition) is 2. The van der Waals surface area contributed by atoms with E-state index in [1.807, 2.05) is 30.3 Å². The summed E-state index contributed by atoms with van der Waals surface area (Å²) in [5, 5.41) is 18.9. The molecule has 5 heteroatoms. The van der Waals surface area contributed by atoms with E-state index in [2.05, 4.69) is 0 Å². The first-order valence-electron chi connectivity index (χ1n) is 6.79. The van der Waals surface area contributed by atoms with E-state index in [9.17, 15) is 18.3 Å². The van der Waals surface area contributed by atoms with Gasteiger partial charge in [-0.3, -0.25) is 0 Å². The van der Waals surface area contributed by atoms with Crippen LogP contribution < -0.4 is 0 Å². The molecule has 0 saturated carbocycles. The molecule has 0 saturated heterocycles. The van der Waals surface area contributed by atoms with Crippen molar-refractivity contribution < 1.29 is 23.4 Å². The first-order valence-corrected chi connectivity index (χ1v) is 6.79. The van der Waals surface area contributed by atoms with Crippen LogP contribution in [0.5, 0.6) is 0 Å². The SMILES string of the molecule is OCCCCC(O)(CCc1ccccc1)CC(F)(F)F. The highest BCUT2D eigenvalue weighted by Gasteiger charge is 2.40. The molecule has 1 atom stereocenters. The highest BCUT2D eigenvalue weighted by atomic mass is 19.4. The summed E-state index contributed by atoms with van der Waals surface area (Å²) in [5.74, 6) is 0. The minimum absolute atomic E-state index is 0.0555. The van der Waals surface area contributed by atoms with Gasteiger partial charge in [0.15, 0.2) is 0 Å². The van der Waals surface area contributed by atoms with Crippen molar-refractivity contribution in [3.8, 4) is 0 Å². The zero-order valence-electron chi connectivity index (χ0n) is 11.4. The number of aliphatic hydroxyl groups excluding tert-OH is 1. The number of hydrogen-bond donors (Lipinski definition) is 2. The summed E-state index contributed by atoms with van der Waals surface area (Å²) in [7, 11) is 0. The van der Waals surface area contributed by atoms with Crippen molar-refractivity contribution in [2.24, 2.45) is 0 Å². The number of alkyl halides is 3. The van der Waals surface area contributed by atoms with E-state index < -0.39 is 18.2 Å². The topological polar surface area (TPSA) is 40.5 Å². The number of aliphatic hydroxyl groups is 2. The minimum atomic E-state index is -4.38. The Morgan fingerprint density at radius 1 is 0.950 bits per heavy atom. The third kappa shape index (κ3) is 6.91. The molecule has 114 valence electrons. The Labute approximate surface area is 117 Å². The average Bonchev–Trinajstić information content (AvgIpc) is 2.36. The van der Waals surface area contributed by atoms with E-state index in [1.54, 1.807) is 0 Å². The molecule has 1 unspecified atom stereocenters. The molecule has 20 heavy (non-hydrogen) atoms. The summed E-state index contributed by atoms with van der Waals surface area (Å²) in [6, 6.07) is 9.16. The van der Waals surface area contributed by atoms with E-state index in [1.165, 1.54) is 0 Å². The smallest absolute Gasteiger partial charge is 0.391 e. The minimum Gasteiger partial charge on any atom is -0.396 e. The maximum Gasteiger partial charge on any atom is 0.391 e. The van der Waals surface area contributed by atoms with Gasteiger partial charge in [0.2, 0.25) is 0 Å². The Morgan fingerprint density at radius 3 is 2.15 bits per heavy atom. The number of halogens is 3. The number of benzene rings is 1. The van der Waals surface area contributed by atoms with Crippen LogP contribution in [0.15, 0.2) is 30.3 Å². The van der Waals surface area contributed by atoms with Gasteiger partial charge < -0.3 is 10.2 Å². The van der Waals surface area contributed by atoms with Crippen LogP contribution in [0.2, 0.25) is 0 Å². The normalized spacial score (nSPS) is 15.1. The molecular formula is C15H21F3O2. The number of unbranched alkanes of at least 4 members (excludes halogenated alkanes) is 1. The van der Waals surface area contributed by atoms with E-state index in [0.29, 0.717) is 19.3 Å². The Bertz CT molecular complexity index is 378. The van der Waals surface area contributed by atoms with Gasteiger partial charge in [0.1, 0.15) is 0 Å². The lowest BCUT2D eigenvalue weighted by Gasteiger charge is -2.29. The number of rotatable bonds is 8. The fraction of sp³-hybridized carbons (Fsp3) is 0.600. The summed E-state index contributed by atoms with van der Waals surface area (Å²) in [5.41, 5.74) is -0.834. The molecular weight excluding hydrogens is 269 g/mol. The van der Waals surface area contributed by atoms with Crippen LogP contribution in [-0.2, 0) is 6.42 Å². The van der Waals surface area contributed by atoms with Crippen molar-refractivity contribution in [2.45, 2.75) is 50.3 Å². The van der Waals surface area contributed by atoms with Gasteiger partial charge in [-0.2, -0.15) is 13.2 Å². The maximum atomic E-state index is 12.6. The van der Waals surface area contributed by atoms with Crippen LogP contribution in [0.25, 0.3) is 0 Å². The molecule has 0 aliphatic heterocycles. The molecule has 0 radical (unpaired) electrons. The third-order valence-corrected chi connectivity index (χ3v) is 3.30. The molecule has 0 aromatic heterocycles. The van der Waals surface area contributed by atoms with Crippen molar-refractivity contribution >= 4 is 0 Å². The largest absolute Gasteiger partial charge is 0.396 e. The van der Waals surface area contributed by atoms with E-state index >= 15 is 0 Å². The second-order valence-corrected chi connectivity index (χ2v) is 5.18. The average molecular weight is 290 g/mol. The molecule has 0 aliphatic rings. The van der Waals surface area contributed by atoms with Gasteiger partial charge in [0, 0.05) is 6.61 Å². The Kier molecular flexibility index (Phi) is 6.49. The van der Waals surface area contributed by atoms with Gasteiger partial charge in [-0.1, -0.05) is 30.3 Å². The molecule has 2 N–H and O–H groups in total. The third-order valence-electron chi connectivity index (χ3n) is 3.30. The molecule has 1 aromatic rings. The van der Waals surface area contributed by atoms with Crippen LogP contribution in [0.1, 0.15) is 37.7 Å². The molecule has 0 fully saturated rings. The fourth-order valence-corrected chi connectivity index (χ4v) is 2.26. The van der Waals surface area contributed by atoms with Crippen LogP contribution in [0, 0.1) is 0 Å². The van der Waals surface area contributed by atoms with Gasteiger partial charge in [-0.25, -0.2) is 0 Å². The van der Waals surface area contributed by atoms with E-state index in [-0.39, 0.29) is 19.4 Å². The van der Waals surface area contributed by atoms with Crippen molar-refractivity contribution in [1.82, 2.24) is 0 Å². The van der Waals surface area contributed by atoms with Crippen LogP contribution in [0.4, 0.5) is 13.2 Å². The predicted molar refractivity (Wildman–Crippen MR) is 71.3 cm³/mol. The molecule has 0 aliphatic carbocycles. The van der Waals surface area contributed by atoms with Gasteiger partial charge in [-0.05, 0) is 37.7 Å². The fourth-order valence-electron chi connectivity index (χ4n) is 2.26. The Balaban J connectivity index is 2.61. The molecule has 2 nitrogen and oxygen atoms in total. The van der Waals surface area contributed by atoms with Gasteiger partial charge in [0.25, 0.3) is 0 Å². The van der Waals surface area contributed by atoms with Gasteiger partial charge >= 0.3 is 6.18 Å². The Hall–Kier alpha value is -1.07. The summed E-state index contributed by atoms with van der Waals surface area (Å²) in [6.07, 6.45) is -4.25. The van der Waals surface area contributed by atoms with Gasteiger partial charge in [-0.15, -0.1) is 0 Å². The quantitative estimate of drug-likeness (QED) is 0.720. The first kappa shape index (κ1) is 17.0. The second-order valence-electron chi connectivity index (χ2n) is 5.18. The summed E-state index contributed by atoms with van der Waals surface area (Å²) < 4.78 is 37.7.